The fourth-order valence-electron chi connectivity index (χ4n) is 6.10. The molecule has 3 amide bonds. The summed E-state index contributed by atoms with van der Waals surface area (Å²) in [5, 5.41) is 3.70. The molecule has 158 valence electrons. The molecule has 4 heterocycles. The summed E-state index contributed by atoms with van der Waals surface area (Å²) in [4.78, 5) is 44.2. The third-order valence-electron chi connectivity index (χ3n) is 7.15. The highest BCUT2D eigenvalue weighted by molar-refractivity contribution is 6.45. The monoisotopic (exact) mass is 475 g/mol. The van der Waals surface area contributed by atoms with Crippen LogP contribution in [0.1, 0.15) is 18.4 Å². The number of amides is 3. The number of imide groups is 1. The molecule has 4 aliphatic rings. The Labute approximate surface area is 193 Å². The number of nitrogens with zero attached hydrogens (tertiary/aromatic N) is 2. The van der Waals surface area contributed by atoms with Crippen molar-refractivity contribution in [2.24, 2.45) is 11.8 Å². The van der Waals surface area contributed by atoms with Gasteiger partial charge < -0.3 is 5.32 Å². The zero-order valence-electron chi connectivity index (χ0n) is 16.1. The van der Waals surface area contributed by atoms with Gasteiger partial charge in [0.25, 0.3) is 5.91 Å². The van der Waals surface area contributed by atoms with Crippen LogP contribution in [-0.4, -0.2) is 35.2 Å². The molecule has 0 bridgehead atoms. The van der Waals surface area contributed by atoms with E-state index in [-0.39, 0.29) is 33.6 Å². The van der Waals surface area contributed by atoms with Crippen molar-refractivity contribution in [3.05, 3.63) is 57.0 Å². The quantitative estimate of drug-likeness (QED) is 0.630. The van der Waals surface area contributed by atoms with Gasteiger partial charge in [0.15, 0.2) is 0 Å². The highest BCUT2D eigenvalue weighted by atomic mass is 35.5. The van der Waals surface area contributed by atoms with Gasteiger partial charge in [-0.3, -0.25) is 19.3 Å². The molecule has 1 spiro atoms. The first kappa shape index (κ1) is 19.6. The molecule has 4 aliphatic heterocycles. The fourth-order valence-corrected chi connectivity index (χ4v) is 6.70. The molecule has 0 aromatic heterocycles. The molecular weight excluding hydrogens is 461 g/mol. The minimum atomic E-state index is -1.27. The van der Waals surface area contributed by atoms with Gasteiger partial charge in [-0.1, -0.05) is 53.0 Å². The minimum absolute atomic E-state index is 0.141. The number of benzene rings is 2. The Morgan fingerprint density at radius 3 is 2.52 bits per heavy atom. The first-order valence-electron chi connectivity index (χ1n) is 10.1. The maximum atomic E-state index is 13.9. The van der Waals surface area contributed by atoms with Crippen molar-refractivity contribution in [3.63, 3.8) is 0 Å². The second-order valence-corrected chi connectivity index (χ2v) is 9.57. The number of carbonyl (C=O) groups is 3. The Kier molecular flexibility index (Phi) is 4.07. The number of fused-ring (bicyclic) bond motifs is 7. The van der Waals surface area contributed by atoms with Crippen LogP contribution < -0.4 is 10.2 Å². The van der Waals surface area contributed by atoms with Crippen LogP contribution in [0.15, 0.2) is 36.4 Å². The molecule has 6 rings (SSSR count). The van der Waals surface area contributed by atoms with Crippen LogP contribution in [-0.2, 0) is 19.9 Å². The van der Waals surface area contributed by atoms with E-state index >= 15 is 0 Å². The van der Waals surface area contributed by atoms with Crippen molar-refractivity contribution in [2.45, 2.75) is 24.4 Å². The lowest BCUT2D eigenvalue weighted by Gasteiger charge is -2.36. The Hall–Kier alpha value is -2.12. The maximum absolute atomic E-state index is 13.9. The molecule has 0 aliphatic carbocycles. The van der Waals surface area contributed by atoms with E-state index in [0.717, 1.165) is 17.7 Å². The van der Waals surface area contributed by atoms with Crippen LogP contribution in [0.5, 0.6) is 0 Å². The summed E-state index contributed by atoms with van der Waals surface area (Å²) in [7, 11) is 0. The molecule has 0 saturated carbocycles. The fraction of sp³-hybridized carbons (Fsp3) is 0.318. The predicted octanol–water partition coefficient (Wildman–Crippen LogP) is 4.08. The number of anilines is 2. The van der Waals surface area contributed by atoms with Gasteiger partial charge >= 0.3 is 0 Å². The lowest BCUT2D eigenvalue weighted by molar-refractivity contribution is -0.135. The average Bonchev–Trinajstić information content (AvgIpc) is 3.44. The van der Waals surface area contributed by atoms with Crippen LogP contribution in [0.25, 0.3) is 0 Å². The third kappa shape index (κ3) is 2.21. The van der Waals surface area contributed by atoms with Crippen LogP contribution in [0.3, 0.4) is 0 Å². The van der Waals surface area contributed by atoms with Gasteiger partial charge in [-0.25, -0.2) is 4.90 Å². The SMILES string of the molecule is O=C1C2C3CCCN3C3(C(=O)Nc4c(Cl)cccc43)C2C(=O)N1c1cccc(Cl)c1Cl. The van der Waals surface area contributed by atoms with Gasteiger partial charge in [0.05, 0.1) is 38.3 Å². The van der Waals surface area contributed by atoms with Gasteiger partial charge in [0.1, 0.15) is 5.54 Å². The zero-order chi connectivity index (χ0) is 21.7. The number of hydrogen-bond donors (Lipinski definition) is 1. The average molecular weight is 477 g/mol. The number of nitrogens with one attached hydrogen (secondary N) is 1. The number of halogens is 3. The normalized spacial score (nSPS) is 31.4. The molecule has 1 N–H and O–H groups in total. The van der Waals surface area contributed by atoms with E-state index in [0.29, 0.717) is 22.8 Å². The van der Waals surface area contributed by atoms with Crippen LogP contribution >= 0.6 is 34.8 Å². The molecule has 2 aromatic rings. The summed E-state index contributed by atoms with van der Waals surface area (Å²) >= 11 is 18.9. The van der Waals surface area contributed by atoms with Crippen LogP contribution in [0, 0.1) is 11.8 Å². The van der Waals surface area contributed by atoms with Crippen molar-refractivity contribution in [1.82, 2.24) is 4.90 Å². The van der Waals surface area contributed by atoms with E-state index < -0.39 is 23.3 Å². The van der Waals surface area contributed by atoms with Crippen LogP contribution in [0.4, 0.5) is 11.4 Å². The third-order valence-corrected chi connectivity index (χ3v) is 8.27. The molecule has 3 fully saturated rings. The zero-order valence-corrected chi connectivity index (χ0v) is 18.3. The molecule has 9 heteroatoms. The molecule has 6 nitrogen and oxygen atoms in total. The lowest BCUT2D eigenvalue weighted by Crippen LogP contribution is -2.54. The van der Waals surface area contributed by atoms with Gasteiger partial charge in [0, 0.05) is 11.6 Å². The maximum Gasteiger partial charge on any atom is 0.250 e. The minimum Gasteiger partial charge on any atom is -0.323 e. The van der Waals surface area contributed by atoms with Gasteiger partial charge in [-0.15, -0.1) is 0 Å². The number of carbonyl (C=O) groups excluding carboxylic acids is 3. The van der Waals surface area contributed by atoms with Crippen molar-refractivity contribution < 1.29 is 14.4 Å². The highest BCUT2D eigenvalue weighted by Gasteiger charge is 2.74. The molecule has 0 radical (unpaired) electrons. The number of para-hydroxylation sites is 1. The molecule has 31 heavy (non-hydrogen) atoms. The summed E-state index contributed by atoms with van der Waals surface area (Å²) in [6.07, 6.45) is 1.58. The van der Waals surface area contributed by atoms with Crippen LogP contribution in [0.2, 0.25) is 15.1 Å². The summed E-state index contributed by atoms with van der Waals surface area (Å²) in [6.45, 7) is 0.634. The van der Waals surface area contributed by atoms with E-state index in [1.807, 2.05) is 11.0 Å². The van der Waals surface area contributed by atoms with E-state index in [9.17, 15) is 14.4 Å². The predicted molar refractivity (Wildman–Crippen MR) is 117 cm³/mol. The Morgan fingerprint density at radius 1 is 0.968 bits per heavy atom. The van der Waals surface area contributed by atoms with Gasteiger partial charge in [-0.2, -0.15) is 0 Å². The standard InChI is InChI=1S/C22H16Cl3N3O3/c23-11-5-2-7-14(17(11)25)28-19(29)15-13-8-3-9-27(13)22(16(15)20(28)30)10-4-1-6-12(24)18(10)26-21(22)31/h1-2,4-7,13,15-16H,3,8-9H2,(H,26,31). The Morgan fingerprint density at radius 2 is 1.71 bits per heavy atom. The number of rotatable bonds is 1. The second-order valence-electron chi connectivity index (χ2n) is 8.37. The van der Waals surface area contributed by atoms with E-state index in [4.69, 9.17) is 34.8 Å². The molecule has 3 saturated heterocycles. The molecule has 2 aromatic carbocycles. The van der Waals surface area contributed by atoms with Crippen molar-refractivity contribution in [1.29, 1.82) is 0 Å². The Balaban J connectivity index is 1.58. The summed E-state index contributed by atoms with van der Waals surface area (Å²) < 4.78 is 0. The largest absolute Gasteiger partial charge is 0.323 e. The summed E-state index contributed by atoms with van der Waals surface area (Å²) in [5.74, 6) is -2.58. The second kappa shape index (κ2) is 6.45. The molecule has 4 atom stereocenters. The lowest BCUT2D eigenvalue weighted by atomic mass is 9.75. The first-order valence-corrected chi connectivity index (χ1v) is 11.2. The summed E-state index contributed by atoms with van der Waals surface area (Å²) in [5.41, 5.74) is 0.158. The van der Waals surface area contributed by atoms with Crippen molar-refractivity contribution in [3.8, 4) is 0 Å². The van der Waals surface area contributed by atoms with Gasteiger partial charge in [-0.05, 0) is 37.6 Å². The summed E-state index contributed by atoms with van der Waals surface area (Å²) in [6, 6.07) is 9.93. The van der Waals surface area contributed by atoms with E-state index in [2.05, 4.69) is 5.32 Å². The molecule has 4 unspecified atom stereocenters. The highest BCUT2D eigenvalue weighted by Crippen LogP contribution is 2.61. The topological polar surface area (TPSA) is 69.7 Å². The van der Waals surface area contributed by atoms with E-state index in [1.165, 1.54) is 0 Å². The van der Waals surface area contributed by atoms with E-state index in [1.54, 1.807) is 30.3 Å². The smallest absolute Gasteiger partial charge is 0.250 e. The first-order chi connectivity index (χ1) is 14.9. The Bertz CT molecular complexity index is 1200. The van der Waals surface area contributed by atoms with Crippen molar-refractivity contribution in [2.75, 3.05) is 16.8 Å². The number of hydrogen-bond acceptors (Lipinski definition) is 4. The van der Waals surface area contributed by atoms with Crippen molar-refractivity contribution >= 4 is 63.9 Å². The molecular formula is C22H16Cl3N3O3. The van der Waals surface area contributed by atoms with Gasteiger partial charge in [0.2, 0.25) is 11.8 Å².